The van der Waals surface area contributed by atoms with Crippen LogP contribution >= 0.6 is 11.3 Å². The fourth-order valence-electron chi connectivity index (χ4n) is 3.04. The van der Waals surface area contributed by atoms with E-state index in [1.54, 1.807) is 23.5 Å². The fourth-order valence-corrected chi connectivity index (χ4v) is 3.88. The lowest BCUT2D eigenvalue weighted by atomic mass is 10.2. The first-order valence-electron chi connectivity index (χ1n) is 8.60. The maximum absolute atomic E-state index is 13.0. The SMILES string of the molecule is Cc1nc(CN2CCN(Cc3nc(-c4ccc(F)cc4)cs3)CC2)no1. The van der Waals surface area contributed by atoms with Gasteiger partial charge in [0.05, 0.1) is 18.8 Å². The van der Waals surface area contributed by atoms with E-state index in [0.717, 1.165) is 61.4 Å². The molecule has 2 aromatic heterocycles. The van der Waals surface area contributed by atoms with E-state index in [2.05, 4.69) is 19.9 Å². The third kappa shape index (κ3) is 4.14. The van der Waals surface area contributed by atoms with Crippen LogP contribution in [0.1, 0.15) is 16.7 Å². The zero-order valence-electron chi connectivity index (χ0n) is 14.6. The van der Waals surface area contributed by atoms with Gasteiger partial charge in [-0.1, -0.05) is 5.16 Å². The maximum atomic E-state index is 13.0. The van der Waals surface area contributed by atoms with Gasteiger partial charge in [-0.2, -0.15) is 4.98 Å². The highest BCUT2D eigenvalue weighted by molar-refractivity contribution is 7.09. The topological polar surface area (TPSA) is 58.3 Å². The molecule has 1 aromatic carbocycles. The predicted octanol–water partition coefficient (Wildman–Crippen LogP) is 2.96. The van der Waals surface area contributed by atoms with Crippen LogP contribution in [0.4, 0.5) is 4.39 Å². The van der Waals surface area contributed by atoms with E-state index in [4.69, 9.17) is 9.51 Å². The van der Waals surface area contributed by atoms with Crippen molar-refractivity contribution in [3.63, 3.8) is 0 Å². The average Bonchev–Trinajstić information content (AvgIpc) is 3.26. The van der Waals surface area contributed by atoms with Crippen LogP contribution < -0.4 is 0 Å². The molecule has 0 amide bonds. The Labute approximate surface area is 155 Å². The van der Waals surface area contributed by atoms with E-state index in [1.165, 1.54) is 12.1 Å². The summed E-state index contributed by atoms with van der Waals surface area (Å²) >= 11 is 1.66. The number of hydrogen-bond acceptors (Lipinski definition) is 7. The molecule has 0 bridgehead atoms. The van der Waals surface area contributed by atoms with Gasteiger partial charge in [0, 0.05) is 44.0 Å². The number of thiazole rings is 1. The molecule has 1 aliphatic heterocycles. The lowest BCUT2D eigenvalue weighted by molar-refractivity contribution is 0.119. The Bertz CT molecular complexity index is 855. The third-order valence-corrected chi connectivity index (χ3v) is 5.28. The van der Waals surface area contributed by atoms with Crippen molar-refractivity contribution in [3.05, 3.63) is 52.2 Å². The van der Waals surface area contributed by atoms with Gasteiger partial charge < -0.3 is 4.52 Å². The molecule has 0 saturated carbocycles. The molecule has 0 aliphatic carbocycles. The van der Waals surface area contributed by atoms with Gasteiger partial charge in [-0.05, 0) is 24.3 Å². The molecule has 0 radical (unpaired) electrons. The zero-order chi connectivity index (χ0) is 17.9. The molecule has 0 spiro atoms. The molecule has 1 saturated heterocycles. The third-order valence-electron chi connectivity index (χ3n) is 4.45. The molecular formula is C18H20FN5OS. The van der Waals surface area contributed by atoms with Crippen molar-refractivity contribution in [2.75, 3.05) is 26.2 Å². The summed E-state index contributed by atoms with van der Waals surface area (Å²) < 4.78 is 18.1. The smallest absolute Gasteiger partial charge is 0.223 e. The van der Waals surface area contributed by atoms with Gasteiger partial charge >= 0.3 is 0 Å². The van der Waals surface area contributed by atoms with Gasteiger partial charge in [-0.25, -0.2) is 9.37 Å². The molecule has 0 atom stereocenters. The van der Waals surface area contributed by atoms with Crippen LogP contribution in [0, 0.1) is 12.7 Å². The molecule has 136 valence electrons. The van der Waals surface area contributed by atoms with Gasteiger partial charge in [-0.15, -0.1) is 11.3 Å². The quantitative estimate of drug-likeness (QED) is 0.685. The number of aromatic nitrogens is 3. The minimum absolute atomic E-state index is 0.224. The molecule has 0 unspecified atom stereocenters. The van der Waals surface area contributed by atoms with Crippen LogP contribution in [-0.2, 0) is 13.1 Å². The lowest BCUT2D eigenvalue weighted by Crippen LogP contribution is -2.45. The molecule has 6 nitrogen and oxygen atoms in total. The molecular weight excluding hydrogens is 353 g/mol. The standard InChI is InChI=1S/C18H20FN5OS/c1-13-20-17(22-25-13)10-23-6-8-24(9-7-23)11-18-21-16(12-26-18)14-2-4-15(19)5-3-14/h2-5,12H,6-11H2,1H3. The van der Waals surface area contributed by atoms with Gasteiger partial charge in [0.15, 0.2) is 5.82 Å². The Balaban J connectivity index is 1.30. The van der Waals surface area contributed by atoms with Crippen LogP contribution in [0.15, 0.2) is 34.2 Å². The lowest BCUT2D eigenvalue weighted by Gasteiger charge is -2.33. The number of piperazine rings is 1. The van der Waals surface area contributed by atoms with Crippen molar-refractivity contribution in [2.24, 2.45) is 0 Å². The van der Waals surface area contributed by atoms with Gasteiger partial charge in [0.2, 0.25) is 5.89 Å². The number of benzene rings is 1. The molecule has 1 fully saturated rings. The van der Waals surface area contributed by atoms with Crippen molar-refractivity contribution in [1.82, 2.24) is 24.9 Å². The first-order valence-corrected chi connectivity index (χ1v) is 9.48. The van der Waals surface area contributed by atoms with E-state index < -0.39 is 0 Å². The second-order valence-electron chi connectivity index (χ2n) is 6.42. The number of halogens is 1. The van der Waals surface area contributed by atoms with Crippen LogP contribution in [0.25, 0.3) is 11.3 Å². The Morgan fingerprint density at radius 2 is 1.73 bits per heavy atom. The number of rotatable bonds is 5. The molecule has 3 heterocycles. The highest BCUT2D eigenvalue weighted by Crippen LogP contribution is 2.23. The normalized spacial score (nSPS) is 16.2. The number of aryl methyl sites for hydroxylation is 1. The summed E-state index contributed by atoms with van der Waals surface area (Å²) in [7, 11) is 0. The largest absolute Gasteiger partial charge is 0.340 e. The minimum Gasteiger partial charge on any atom is -0.340 e. The van der Waals surface area contributed by atoms with Crippen LogP contribution in [0.3, 0.4) is 0 Å². The summed E-state index contributed by atoms with van der Waals surface area (Å²) in [5.41, 5.74) is 1.87. The van der Waals surface area contributed by atoms with Crippen molar-refractivity contribution in [2.45, 2.75) is 20.0 Å². The number of hydrogen-bond donors (Lipinski definition) is 0. The average molecular weight is 373 g/mol. The van der Waals surface area contributed by atoms with Gasteiger partial charge in [-0.3, -0.25) is 9.80 Å². The van der Waals surface area contributed by atoms with E-state index >= 15 is 0 Å². The first kappa shape index (κ1) is 17.3. The monoisotopic (exact) mass is 373 g/mol. The highest BCUT2D eigenvalue weighted by Gasteiger charge is 2.19. The van der Waals surface area contributed by atoms with Crippen molar-refractivity contribution >= 4 is 11.3 Å². The molecule has 3 aromatic rings. The molecule has 4 rings (SSSR count). The Morgan fingerprint density at radius 1 is 1.04 bits per heavy atom. The fraction of sp³-hybridized carbons (Fsp3) is 0.389. The number of nitrogens with zero attached hydrogens (tertiary/aromatic N) is 5. The van der Waals surface area contributed by atoms with E-state index in [0.29, 0.717) is 5.89 Å². The first-order chi connectivity index (χ1) is 12.7. The maximum Gasteiger partial charge on any atom is 0.223 e. The van der Waals surface area contributed by atoms with E-state index in [1.807, 2.05) is 12.3 Å². The van der Waals surface area contributed by atoms with Crippen LogP contribution in [0.2, 0.25) is 0 Å². The Hall–Kier alpha value is -2.16. The summed E-state index contributed by atoms with van der Waals surface area (Å²) in [6.45, 7) is 7.32. The van der Waals surface area contributed by atoms with Crippen molar-refractivity contribution in [1.29, 1.82) is 0 Å². The highest BCUT2D eigenvalue weighted by atomic mass is 32.1. The van der Waals surface area contributed by atoms with Crippen molar-refractivity contribution in [3.8, 4) is 11.3 Å². The Kier molecular flexibility index (Phi) is 5.05. The second kappa shape index (κ2) is 7.61. The van der Waals surface area contributed by atoms with E-state index in [-0.39, 0.29) is 5.82 Å². The predicted molar refractivity (Wildman–Crippen MR) is 97.1 cm³/mol. The summed E-state index contributed by atoms with van der Waals surface area (Å²) in [6.07, 6.45) is 0. The molecule has 8 heteroatoms. The Morgan fingerprint density at radius 3 is 2.38 bits per heavy atom. The van der Waals surface area contributed by atoms with Crippen LogP contribution in [0.5, 0.6) is 0 Å². The minimum atomic E-state index is -0.224. The van der Waals surface area contributed by atoms with Crippen molar-refractivity contribution < 1.29 is 8.91 Å². The van der Waals surface area contributed by atoms with Gasteiger partial charge in [0.1, 0.15) is 10.8 Å². The van der Waals surface area contributed by atoms with Crippen LogP contribution in [-0.4, -0.2) is 51.1 Å². The zero-order valence-corrected chi connectivity index (χ0v) is 15.4. The summed E-state index contributed by atoms with van der Waals surface area (Å²) in [4.78, 5) is 13.7. The molecule has 26 heavy (non-hydrogen) atoms. The molecule has 1 aliphatic rings. The molecule has 0 N–H and O–H groups in total. The summed E-state index contributed by atoms with van der Waals surface area (Å²) in [5.74, 6) is 1.14. The summed E-state index contributed by atoms with van der Waals surface area (Å²) in [5, 5.41) is 7.09. The summed E-state index contributed by atoms with van der Waals surface area (Å²) in [6, 6.07) is 6.48. The van der Waals surface area contributed by atoms with E-state index in [9.17, 15) is 4.39 Å². The van der Waals surface area contributed by atoms with Gasteiger partial charge in [0.25, 0.3) is 0 Å². The second-order valence-corrected chi connectivity index (χ2v) is 7.36.